The Labute approximate surface area is 193 Å². The molecule has 0 bridgehead atoms. The minimum atomic E-state index is 0.464. The number of aromatic nitrogens is 3. The first-order chi connectivity index (χ1) is 15.7. The molecule has 4 aromatic rings. The molecule has 2 aliphatic rings. The molecule has 6 rings (SSSR count). The number of nitrogens with zero attached hydrogens (tertiary/aromatic N) is 4. The molecule has 4 heterocycles. The third-order valence-corrected chi connectivity index (χ3v) is 8.38. The summed E-state index contributed by atoms with van der Waals surface area (Å²) in [4.78, 5) is 18.4. The van der Waals surface area contributed by atoms with Crippen molar-refractivity contribution in [3.63, 3.8) is 0 Å². The number of pyridine rings is 1. The number of benzene rings is 1. The maximum absolute atomic E-state index is 5.16. The molecule has 0 amide bonds. The van der Waals surface area contributed by atoms with E-state index in [1.807, 2.05) is 0 Å². The second kappa shape index (κ2) is 8.11. The van der Waals surface area contributed by atoms with Gasteiger partial charge < -0.3 is 4.90 Å². The molecule has 3 aromatic heterocycles. The summed E-state index contributed by atoms with van der Waals surface area (Å²) in [5.41, 5.74) is 6.89. The third kappa shape index (κ3) is 3.38. The lowest BCUT2D eigenvalue weighted by atomic mass is 9.90. The Hall–Kier alpha value is -2.53. The lowest BCUT2D eigenvalue weighted by Crippen LogP contribution is -2.34. The second-order valence-electron chi connectivity index (χ2n) is 9.74. The molecule has 0 atom stereocenters. The molecule has 0 spiro atoms. The van der Waals surface area contributed by atoms with Crippen molar-refractivity contribution in [1.82, 2.24) is 15.0 Å². The largest absolute Gasteiger partial charge is 0.355 e. The average molecular weight is 443 g/mol. The van der Waals surface area contributed by atoms with E-state index in [-0.39, 0.29) is 0 Å². The first kappa shape index (κ1) is 20.1. The normalized spacial score (nSPS) is 17.0. The highest BCUT2D eigenvalue weighted by Gasteiger charge is 2.27. The van der Waals surface area contributed by atoms with Gasteiger partial charge in [-0.2, -0.15) is 0 Å². The Balaban J connectivity index is 1.33. The lowest BCUT2D eigenvalue weighted by molar-refractivity contribution is 0.403. The summed E-state index contributed by atoms with van der Waals surface area (Å²) >= 11 is 1.81. The maximum atomic E-state index is 5.16. The number of thiophene rings is 1. The fourth-order valence-electron chi connectivity index (χ4n) is 5.71. The fraction of sp³-hybridized carbons (Fsp3) is 0.444. The molecule has 1 saturated heterocycles. The monoisotopic (exact) mass is 442 g/mol. The summed E-state index contributed by atoms with van der Waals surface area (Å²) in [5.74, 6) is 2.34. The zero-order chi connectivity index (χ0) is 21.7. The van der Waals surface area contributed by atoms with E-state index >= 15 is 0 Å². The molecule has 4 nitrogen and oxygen atoms in total. The van der Waals surface area contributed by atoms with Crippen LogP contribution in [0, 0.1) is 5.92 Å². The Kier molecular flexibility index (Phi) is 5.09. The molecule has 32 heavy (non-hydrogen) atoms. The Morgan fingerprint density at radius 3 is 2.59 bits per heavy atom. The van der Waals surface area contributed by atoms with E-state index in [9.17, 15) is 0 Å². The Morgan fingerprint density at radius 2 is 1.81 bits per heavy atom. The number of hydrogen-bond donors (Lipinski definition) is 0. The topological polar surface area (TPSA) is 41.9 Å². The van der Waals surface area contributed by atoms with Gasteiger partial charge in [0, 0.05) is 24.2 Å². The van der Waals surface area contributed by atoms with Crippen molar-refractivity contribution >= 4 is 37.6 Å². The van der Waals surface area contributed by atoms with Gasteiger partial charge in [-0.3, -0.25) is 0 Å². The summed E-state index contributed by atoms with van der Waals surface area (Å²) in [6, 6.07) is 10.9. The van der Waals surface area contributed by atoms with Crippen LogP contribution in [0.25, 0.3) is 20.4 Å². The van der Waals surface area contributed by atoms with Crippen molar-refractivity contribution in [3.8, 4) is 0 Å². The maximum Gasteiger partial charge on any atom is 0.150 e. The Morgan fingerprint density at radius 1 is 1.03 bits per heavy atom. The van der Waals surface area contributed by atoms with E-state index in [4.69, 9.17) is 15.0 Å². The van der Waals surface area contributed by atoms with Crippen molar-refractivity contribution in [2.75, 3.05) is 18.0 Å². The van der Waals surface area contributed by atoms with E-state index in [1.165, 1.54) is 58.2 Å². The van der Waals surface area contributed by atoms with Gasteiger partial charge in [-0.1, -0.05) is 44.2 Å². The van der Waals surface area contributed by atoms with E-state index in [1.54, 1.807) is 17.7 Å². The molecule has 1 aliphatic carbocycles. The van der Waals surface area contributed by atoms with Gasteiger partial charge >= 0.3 is 0 Å². The molecule has 1 aliphatic heterocycles. The molecule has 1 aromatic carbocycles. The van der Waals surface area contributed by atoms with Crippen molar-refractivity contribution < 1.29 is 0 Å². The zero-order valence-electron chi connectivity index (χ0n) is 19.0. The van der Waals surface area contributed by atoms with Crippen LogP contribution in [0.5, 0.6) is 0 Å². The molecule has 1 fully saturated rings. The smallest absolute Gasteiger partial charge is 0.150 e. The minimum Gasteiger partial charge on any atom is -0.355 e. The number of rotatable bonds is 4. The molecule has 0 unspecified atom stereocenters. The minimum absolute atomic E-state index is 0.464. The average Bonchev–Trinajstić information content (AvgIpc) is 3.44. The highest BCUT2D eigenvalue weighted by molar-refractivity contribution is 7.26. The number of aryl methyl sites for hydroxylation is 1. The summed E-state index contributed by atoms with van der Waals surface area (Å²) in [6.07, 6.45) is 8.95. The van der Waals surface area contributed by atoms with E-state index in [0.717, 1.165) is 48.0 Å². The van der Waals surface area contributed by atoms with Crippen LogP contribution in [-0.2, 0) is 19.3 Å². The lowest BCUT2D eigenvalue weighted by Gasteiger charge is -2.33. The van der Waals surface area contributed by atoms with E-state index in [0.29, 0.717) is 5.92 Å². The van der Waals surface area contributed by atoms with Crippen LogP contribution in [0.3, 0.4) is 0 Å². The van der Waals surface area contributed by atoms with Gasteiger partial charge in [0.15, 0.2) is 0 Å². The quantitative estimate of drug-likeness (QED) is 0.371. The molecular weight excluding hydrogens is 412 g/mol. The number of hydrogen-bond acceptors (Lipinski definition) is 5. The summed E-state index contributed by atoms with van der Waals surface area (Å²) in [5, 5.41) is 1.31. The first-order valence-electron chi connectivity index (χ1n) is 12.1. The van der Waals surface area contributed by atoms with Gasteiger partial charge in [-0.05, 0) is 67.1 Å². The van der Waals surface area contributed by atoms with E-state index < -0.39 is 0 Å². The fourth-order valence-corrected chi connectivity index (χ4v) is 6.90. The standard InChI is InChI=1S/C27H30N4S/c1-17(2)23-21-10-6-9-20(21)22-24-25(32-27(22)30-23)26(29-16-28-24)31-13-11-19(12-14-31)15-18-7-4-3-5-8-18/h3-5,7-8,16-17,19H,6,9-15H2,1-2H3. The second-order valence-corrected chi connectivity index (χ2v) is 10.7. The van der Waals surface area contributed by atoms with Gasteiger partial charge in [0.2, 0.25) is 0 Å². The van der Waals surface area contributed by atoms with Crippen LogP contribution in [-0.4, -0.2) is 28.0 Å². The van der Waals surface area contributed by atoms with Crippen LogP contribution in [0.4, 0.5) is 5.82 Å². The predicted molar refractivity (Wildman–Crippen MR) is 134 cm³/mol. The molecule has 0 N–H and O–H groups in total. The molecule has 164 valence electrons. The van der Waals surface area contributed by atoms with Gasteiger partial charge in [0.25, 0.3) is 0 Å². The summed E-state index contributed by atoms with van der Waals surface area (Å²) < 4.78 is 1.23. The van der Waals surface area contributed by atoms with Crippen molar-refractivity contribution in [2.45, 2.75) is 58.3 Å². The van der Waals surface area contributed by atoms with Crippen molar-refractivity contribution in [1.29, 1.82) is 0 Å². The SMILES string of the molecule is CC(C)c1nc2sc3c(N4CCC(Cc5ccccc5)CC4)ncnc3c2c2c1CCC2. The summed E-state index contributed by atoms with van der Waals surface area (Å²) in [6.45, 7) is 6.68. The van der Waals surface area contributed by atoms with Crippen LogP contribution >= 0.6 is 11.3 Å². The molecular formula is C27H30N4S. The Bertz CT molecular complexity index is 1270. The first-order valence-corrected chi connectivity index (χ1v) is 12.9. The third-order valence-electron chi connectivity index (χ3n) is 7.31. The summed E-state index contributed by atoms with van der Waals surface area (Å²) in [7, 11) is 0. The molecule has 0 radical (unpaired) electrons. The van der Waals surface area contributed by atoms with Crippen molar-refractivity contribution in [3.05, 3.63) is 59.0 Å². The van der Waals surface area contributed by atoms with Gasteiger partial charge in [-0.25, -0.2) is 15.0 Å². The van der Waals surface area contributed by atoms with Crippen LogP contribution in [0.15, 0.2) is 36.7 Å². The van der Waals surface area contributed by atoms with Crippen LogP contribution < -0.4 is 4.90 Å². The van der Waals surface area contributed by atoms with Crippen LogP contribution in [0.2, 0.25) is 0 Å². The highest BCUT2D eigenvalue weighted by Crippen LogP contribution is 2.43. The number of fused-ring (bicyclic) bond motifs is 5. The van der Waals surface area contributed by atoms with Crippen LogP contribution in [0.1, 0.15) is 61.4 Å². The zero-order valence-corrected chi connectivity index (χ0v) is 19.8. The number of piperidine rings is 1. The van der Waals surface area contributed by atoms with Gasteiger partial charge in [-0.15, -0.1) is 11.3 Å². The highest BCUT2D eigenvalue weighted by atomic mass is 32.1. The van der Waals surface area contributed by atoms with Gasteiger partial charge in [0.1, 0.15) is 17.0 Å². The molecule has 0 saturated carbocycles. The predicted octanol–water partition coefficient (Wildman–Crippen LogP) is 6.31. The number of anilines is 1. The van der Waals surface area contributed by atoms with E-state index in [2.05, 4.69) is 49.1 Å². The van der Waals surface area contributed by atoms with Gasteiger partial charge in [0.05, 0.1) is 10.2 Å². The molecule has 5 heteroatoms. The van der Waals surface area contributed by atoms with Crippen molar-refractivity contribution in [2.24, 2.45) is 5.92 Å².